The standard InChI is InChI=1S/C14H19N3O2/c1-19-13(18)11-5-6-17(9-11)14-15-7-12(8-16-14)10-3-2-4-10/h7-8,10-11H,2-6,9H2,1H3. The van der Waals surface area contributed by atoms with Gasteiger partial charge in [0.25, 0.3) is 0 Å². The minimum absolute atomic E-state index is 0.0418. The first-order valence-corrected chi connectivity index (χ1v) is 6.92. The lowest BCUT2D eigenvalue weighted by molar-refractivity contribution is -0.144. The van der Waals surface area contributed by atoms with Crippen molar-refractivity contribution in [3.63, 3.8) is 0 Å². The van der Waals surface area contributed by atoms with Gasteiger partial charge < -0.3 is 9.64 Å². The summed E-state index contributed by atoms with van der Waals surface area (Å²) >= 11 is 0. The van der Waals surface area contributed by atoms with Gasteiger partial charge in [-0.2, -0.15) is 0 Å². The summed E-state index contributed by atoms with van der Waals surface area (Å²) in [6, 6.07) is 0. The lowest BCUT2D eigenvalue weighted by Gasteiger charge is -2.25. The van der Waals surface area contributed by atoms with Gasteiger partial charge in [-0.3, -0.25) is 4.79 Å². The number of rotatable bonds is 3. The predicted molar refractivity (Wildman–Crippen MR) is 71.0 cm³/mol. The highest BCUT2D eigenvalue weighted by Crippen LogP contribution is 2.35. The molecule has 1 aromatic heterocycles. The highest BCUT2D eigenvalue weighted by molar-refractivity contribution is 5.73. The van der Waals surface area contributed by atoms with E-state index in [0.29, 0.717) is 12.5 Å². The van der Waals surface area contributed by atoms with Crippen molar-refractivity contribution in [2.45, 2.75) is 31.6 Å². The van der Waals surface area contributed by atoms with Crippen molar-refractivity contribution in [2.75, 3.05) is 25.1 Å². The molecule has 1 unspecified atom stereocenters. The Morgan fingerprint density at radius 2 is 2.05 bits per heavy atom. The van der Waals surface area contributed by atoms with Gasteiger partial charge in [0.15, 0.2) is 0 Å². The Hall–Kier alpha value is -1.65. The van der Waals surface area contributed by atoms with Crippen LogP contribution in [-0.4, -0.2) is 36.1 Å². The summed E-state index contributed by atoms with van der Waals surface area (Å²) < 4.78 is 4.78. The van der Waals surface area contributed by atoms with Crippen molar-refractivity contribution in [3.8, 4) is 0 Å². The third-order valence-corrected chi connectivity index (χ3v) is 4.24. The van der Waals surface area contributed by atoms with Crippen molar-refractivity contribution in [3.05, 3.63) is 18.0 Å². The van der Waals surface area contributed by atoms with Crippen molar-refractivity contribution in [2.24, 2.45) is 5.92 Å². The maximum absolute atomic E-state index is 11.5. The molecule has 0 aromatic carbocycles. The second kappa shape index (κ2) is 5.15. The fourth-order valence-corrected chi connectivity index (χ4v) is 2.75. The van der Waals surface area contributed by atoms with E-state index in [1.165, 1.54) is 31.9 Å². The van der Waals surface area contributed by atoms with E-state index in [-0.39, 0.29) is 11.9 Å². The Kier molecular flexibility index (Phi) is 3.36. The lowest BCUT2D eigenvalue weighted by Crippen LogP contribution is -2.25. The molecule has 0 radical (unpaired) electrons. The SMILES string of the molecule is COC(=O)C1CCN(c2ncc(C3CCC3)cn2)C1. The summed E-state index contributed by atoms with van der Waals surface area (Å²) in [5.41, 5.74) is 1.25. The summed E-state index contributed by atoms with van der Waals surface area (Å²) in [6.07, 6.45) is 8.54. The molecule has 1 saturated carbocycles. The number of anilines is 1. The molecule has 2 aliphatic rings. The molecule has 1 aromatic rings. The molecular formula is C14H19N3O2. The molecule has 1 saturated heterocycles. The van der Waals surface area contributed by atoms with Gasteiger partial charge in [-0.15, -0.1) is 0 Å². The van der Waals surface area contributed by atoms with E-state index >= 15 is 0 Å². The Bertz CT molecular complexity index is 456. The first kappa shape index (κ1) is 12.4. The number of nitrogens with zero attached hydrogens (tertiary/aromatic N) is 3. The Labute approximate surface area is 113 Å². The zero-order valence-electron chi connectivity index (χ0n) is 11.2. The quantitative estimate of drug-likeness (QED) is 0.776. The van der Waals surface area contributed by atoms with Gasteiger partial charge >= 0.3 is 5.97 Å². The van der Waals surface area contributed by atoms with E-state index in [1.54, 1.807) is 0 Å². The summed E-state index contributed by atoms with van der Waals surface area (Å²) in [5.74, 6) is 1.22. The molecule has 2 heterocycles. The first-order chi connectivity index (χ1) is 9.28. The Morgan fingerprint density at radius 3 is 2.63 bits per heavy atom. The van der Waals surface area contributed by atoms with Gasteiger partial charge in [0.05, 0.1) is 13.0 Å². The van der Waals surface area contributed by atoms with Gasteiger partial charge in [-0.25, -0.2) is 9.97 Å². The zero-order chi connectivity index (χ0) is 13.2. The maximum Gasteiger partial charge on any atom is 0.310 e. The van der Waals surface area contributed by atoms with Crippen LogP contribution in [0.2, 0.25) is 0 Å². The lowest BCUT2D eigenvalue weighted by atomic mass is 9.81. The topological polar surface area (TPSA) is 55.3 Å². The van der Waals surface area contributed by atoms with E-state index in [0.717, 1.165) is 18.9 Å². The first-order valence-electron chi connectivity index (χ1n) is 6.92. The number of hydrogen-bond acceptors (Lipinski definition) is 5. The molecule has 1 aliphatic heterocycles. The molecule has 0 spiro atoms. The molecule has 1 atom stereocenters. The van der Waals surface area contributed by atoms with Crippen molar-refractivity contribution < 1.29 is 9.53 Å². The number of methoxy groups -OCH3 is 1. The van der Waals surface area contributed by atoms with Crippen LogP contribution >= 0.6 is 0 Å². The minimum atomic E-state index is -0.131. The average Bonchev–Trinajstić information content (AvgIpc) is 2.86. The van der Waals surface area contributed by atoms with Gasteiger partial charge in [-0.05, 0) is 30.7 Å². The third-order valence-electron chi connectivity index (χ3n) is 4.24. The number of ether oxygens (including phenoxy) is 1. The molecule has 0 bridgehead atoms. The largest absolute Gasteiger partial charge is 0.469 e. The fourth-order valence-electron chi connectivity index (χ4n) is 2.75. The van der Waals surface area contributed by atoms with Crippen molar-refractivity contribution in [1.29, 1.82) is 0 Å². The zero-order valence-corrected chi connectivity index (χ0v) is 11.2. The number of esters is 1. The van der Waals surface area contributed by atoms with Gasteiger partial charge in [-0.1, -0.05) is 6.42 Å². The normalized spacial score (nSPS) is 23.2. The van der Waals surface area contributed by atoms with Crippen molar-refractivity contribution >= 4 is 11.9 Å². The summed E-state index contributed by atoms with van der Waals surface area (Å²) in [6.45, 7) is 1.48. The van der Waals surface area contributed by atoms with Gasteiger partial charge in [0, 0.05) is 25.5 Å². The highest BCUT2D eigenvalue weighted by atomic mass is 16.5. The second-order valence-corrected chi connectivity index (χ2v) is 5.40. The number of carbonyl (C=O) groups is 1. The van der Waals surface area contributed by atoms with Crippen LogP contribution in [0.5, 0.6) is 0 Å². The van der Waals surface area contributed by atoms with E-state index in [2.05, 4.69) is 14.9 Å². The fraction of sp³-hybridized carbons (Fsp3) is 0.643. The second-order valence-electron chi connectivity index (χ2n) is 5.40. The predicted octanol–water partition coefficient (Wildman–Crippen LogP) is 1.74. The number of carbonyl (C=O) groups excluding carboxylic acids is 1. The molecule has 19 heavy (non-hydrogen) atoms. The van der Waals surface area contributed by atoms with Crippen LogP contribution in [0.15, 0.2) is 12.4 Å². The van der Waals surface area contributed by atoms with E-state index in [4.69, 9.17) is 4.74 Å². The summed E-state index contributed by atoms with van der Waals surface area (Å²) in [4.78, 5) is 22.4. The van der Waals surface area contributed by atoms with Crippen LogP contribution in [0.4, 0.5) is 5.95 Å². The van der Waals surface area contributed by atoms with E-state index in [9.17, 15) is 4.79 Å². The average molecular weight is 261 g/mol. The van der Waals surface area contributed by atoms with Crippen LogP contribution in [0.3, 0.4) is 0 Å². The third kappa shape index (κ3) is 2.41. The molecule has 1 aliphatic carbocycles. The van der Waals surface area contributed by atoms with Crippen LogP contribution in [-0.2, 0) is 9.53 Å². The molecule has 0 N–H and O–H groups in total. The monoisotopic (exact) mass is 261 g/mol. The highest BCUT2D eigenvalue weighted by Gasteiger charge is 2.30. The number of hydrogen-bond donors (Lipinski definition) is 0. The maximum atomic E-state index is 11.5. The van der Waals surface area contributed by atoms with Crippen LogP contribution < -0.4 is 4.90 Å². The Morgan fingerprint density at radius 1 is 1.32 bits per heavy atom. The molecule has 5 nitrogen and oxygen atoms in total. The number of aromatic nitrogens is 2. The van der Waals surface area contributed by atoms with E-state index < -0.39 is 0 Å². The molecule has 5 heteroatoms. The summed E-state index contributed by atoms with van der Waals surface area (Å²) in [7, 11) is 1.44. The minimum Gasteiger partial charge on any atom is -0.469 e. The van der Waals surface area contributed by atoms with Crippen LogP contribution in [0.25, 0.3) is 0 Å². The summed E-state index contributed by atoms with van der Waals surface area (Å²) in [5, 5.41) is 0. The van der Waals surface area contributed by atoms with Gasteiger partial charge in [0.2, 0.25) is 5.95 Å². The van der Waals surface area contributed by atoms with Crippen molar-refractivity contribution in [1.82, 2.24) is 9.97 Å². The van der Waals surface area contributed by atoms with Crippen LogP contribution in [0, 0.1) is 5.92 Å². The molecule has 0 amide bonds. The Balaban J connectivity index is 1.64. The molecule has 2 fully saturated rings. The van der Waals surface area contributed by atoms with Gasteiger partial charge in [0.1, 0.15) is 0 Å². The molecule has 102 valence electrons. The molecule has 3 rings (SSSR count). The smallest absolute Gasteiger partial charge is 0.310 e. The molecular weight excluding hydrogens is 242 g/mol. The van der Waals surface area contributed by atoms with Crippen LogP contribution in [0.1, 0.15) is 37.2 Å². The van der Waals surface area contributed by atoms with E-state index in [1.807, 2.05) is 12.4 Å².